The van der Waals surface area contributed by atoms with Crippen molar-refractivity contribution >= 4 is 5.78 Å². The Labute approximate surface area is 133 Å². The topological polar surface area (TPSA) is 57.5 Å². The maximum Gasteiger partial charge on any atom is 0.139 e. The van der Waals surface area contributed by atoms with Crippen LogP contribution in [-0.2, 0) is 4.79 Å². The summed E-state index contributed by atoms with van der Waals surface area (Å²) in [4.78, 5) is 12.4. The molecule has 3 nitrogen and oxygen atoms in total. The number of hydrogen-bond acceptors (Lipinski definition) is 3. The third kappa shape index (κ3) is 1.84. The highest BCUT2D eigenvalue weighted by Crippen LogP contribution is 2.65. The van der Waals surface area contributed by atoms with Gasteiger partial charge in [0.15, 0.2) is 0 Å². The monoisotopic (exact) mass is 306 g/mol. The fourth-order valence-corrected chi connectivity index (χ4v) is 7.13. The van der Waals surface area contributed by atoms with Gasteiger partial charge in [-0.1, -0.05) is 13.8 Å². The Morgan fingerprint density at radius 1 is 1.09 bits per heavy atom. The van der Waals surface area contributed by atoms with Gasteiger partial charge in [0.25, 0.3) is 0 Å². The lowest BCUT2D eigenvalue weighted by molar-refractivity contribution is -0.175. The molecule has 0 amide bonds. The van der Waals surface area contributed by atoms with Crippen LogP contribution in [0.4, 0.5) is 0 Å². The molecule has 0 spiro atoms. The Hall–Kier alpha value is -0.410. The summed E-state index contributed by atoms with van der Waals surface area (Å²) in [5, 5.41) is 21.0. The Balaban J connectivity index is 1.69. The summed E-state index contributed by atoms with van der Waals surface area (Å²) >= 11 is 0. The van der Waals surface area contributed by atoms with E-state index in [-0.39, 0.29) is 23.0 Å². The Bertz CT molecular complexity index is 489. The molecule has 0 aromatic carbocycles. The number of carbonyl (C=O) groups excluding carboxylic acids is 1. The molecule has 4 rings (SSSR count). The van der Waals surface area contributed by atoms with Crippen molar-refractivity contribution in [3.8, 4) is 0 Å². The smallest absolute Gasteiger partial charge is 0.139 e. The summed E-state index contributed by atoms with van der Waals surface area (Å²) in [7, 11) is 0. The van der Waals surface area contributed by atoms with Crippen molar-refractivity contribution in [2.45, 2.75) is 77.4 Å². The van der Waals surface area contributed by atoms with Gasteiger partial charge >= 0.3 is 0 Å². The number of ketones is 1. The van der Waals surface area contributed by atoms with E-state index in [9.17, 15) is 15.0 Å². The Kier molecular flexibility index (Phi) is 3.30. The first-order valence-corrected chi connectivity index (χ1v) is 9.25. The van der Waals surface area contributed by atoms with E-state index < -0.39 is 0 Å². The molecule has 0 bridgehead atoms. The van der Waals surface area contributed by atoms with Crippen molar-refractivity contribution in [3.63, 3.8) is 0 Å². The van der Waals surface area contributed by atoms with Crippen LogP contribution in [0.2, 0.25) is 0 Å². The highest BCUT2D eigenvalue weighted by Gasteiger charge is 2.63. The number of carbonyl (C=O) groups is 1. The number of aliphatic hydroxyl groups excluding tert-OH is 2. The first kappa shape index (κ1) is 15.1. The molecule has 4 aliphatic rings. The molecule has 4 fully saturated rings. The SMILES string of the molecule is C[C@]12CC[C@@H](O)C[C@H]1CC[C@@H]1[C@@H]2C(O)C[C@]2(C)C(=O)CC[C@@H]12. The van der Waals surface area contributed by atoms with E-state index in [2.05, 4.69) is 13.8 Å². The first-order valence-electron chi connectivity index (χ1n) is 9.25. The molecule has 0 radical (unpaired) electrons. The minimum Gasteiger partial charge on any atom is -0.393 e. The van der Waals surface area contributed by atoms with Gasteiger partial charge in [-0.15, -0.1) is 0 Å². The Morgan fingerprint density at radius 2 is 1.86 bits per heavy atom. The molecule has 2 N–H and O–H groups in total. The lowest BCUT2D eigenvalue weighted by Gasteiger charge is -2.61. The molecular weight excluding hydrogens is 276 g/mol. The van der Waals surface area contributed by atoms with Gasteiger partial charge in [-0.05, 0) is 74.0 Å². The minimum atomic E-state index is -0.337. The lowest BCUT2D eigenvalue weighted by Crippen LogP contribution is -2.59. The summed E-state index contributed by atoms with van der Waals surface area (Å²) in [5.41, 5.74) is -0.105. The first-order chi connectivity index (χ1) is 10.4. The summed E-state index contributed by atoms with van der Waals surface area (Å²) in [6, 6.07) is 0. The van der Waals surface area contributed by atoms with E-state index in [4.69, 9.17) is 0 Å². The number of fused-ring (bicyclic) bond motifs is 5. The van der Waals surface area contributed by atoms with Crippen LogP contribution in [0, 0.1) is 34.5 Å². The van der Waals surface area contributed by atoms with Crippen LogP contribution in [0.25, 0.3) is 0 Å². The van der Waals surface area contributed by atoms with Gasteiger partial charge in [0.1, 0.15) is 5.78 Å². The highest BCUT2D eigenvalue weighted by molar-refractivity contribution is 5.87. The fraction of sp³-hybridized carbons (Fsp3) is 0.947. The van der Waals surface area contributed by atoms with Crippen LogP contribution in [0.5, 0.6) is 0 Å². The zero-order chi connectivity index (χ0) is 15.7. The van der Waals surface area contributed by atoms with Crippen LogP contribution >= 0.6 is 0 Å². The van der Waals surface area contributed by atoms with Gasteiger partial charge < -0.3 is 10.2 Å². The zero-order valence-corrected chi connectivity index (χ0v) is 13.9. The second kappa shape index (κ2) is 4.80. The second-order valence-electron chi connectivity index (χ2n) is 9.16. The van der Waals surface area contributed by atoms with Crippen molar-refractivity contribution < 1.29 is 15.0 Å². The Morgan fingerprint density at radius 3 is 2.64 bits per heavy atom. The second-order valence-corrected chi connectivity index (χ2v) is 9.16. The zero-order valence-electron chi connectivity index (χ0n) is 13.9. The molecule has 0 aliphatic heterocycles. The van der Waals surface area contributed by atoms with Crippen LogP contribution in [0.1, 0.15) is 65.2 Å². The van der Waals surface area contributed by atoms with E-state index in [1.807, 2.05) is 0 Å². The molecule has 0 saturated heterocycles. The van der Waals surface area contributed by atoms with E-state index in [0.29, 0.717) is 35.9 Å². The van der Waals surface area contributed by atoms with Crippen LogP contribution < -0.4 is 0 Å². The molecule has 1 unspecified atom stereocenters. The predicted molar refractivity (Wildman–Crippen MR) is 84.1 cm³/mol. The molecule has 0 aromatic heterocycles. The number of aliphatic hydroxyl groups is 2. The molecule has 4 aliphatic carbocycles. The third-order valence-electron chi connectivity index (χ3n) is 8.28. The minimum absolute atomic E-state index is 0.145. The van der Waals surface area contributed by atoms with E-state index >= 15 is 0 Å². The fourth-order valence-electron chi connectivity index (χ4n) is 7.13. The largest absolute Gasteiger partial charge is 0.393 e. The molecular formula is C19H30O3. The van der Waals surface area contributed by atoms with E-state index in [0.717, 1.165) is 38.5 Å². The van der Waals surface area contributed by atoms with Gasteiger partial charge in [-0.25, -0.2) is 0 Å². The summed E-state index contributed by atoms with van der Waals surface area (Å²) < 4.78 is 0. The summed E-state index contributed by atoms with van der Waals surface area (Å²) in [6.07, 6.45) is 7.08. The predicted octanol–water partition coefficient (Wildman–Crippen LogP) is 2.93. The van der Waals surface area contributed by atoms with E-state index in [1.165, 1.54) is 6.42 Å². The number of rotatable bonds is 0. The van der Waals surface area contributed by atoms with Gasteiger partial charge in [-0.2, -0.15) is 0 Å². The van der Waals surface area contributed by atoms with Gasteiger partial charge in [0.05, 0.1) is 12.2 Å². The van der Waals surface area contributed by atoms with Crippen LogP contribution in [0.3, 0.4) is 0 Å². The molecule has 3 heteroatoms. The number of Topliss-reactive ketones (excluding diaryl/α,β-unsaturated/α-hetero) is 1. The van der Waals surface area contributed by atoms with Gasteiger partial charge in [0.2, 0.25) is 0 Å². The van der Waals surface area contributed by atoms with Crippen molar-refractivity contribution in [1.82, 2.24) is 0 Å². The lowest BCUT2D eigenvalue weighted by atomic mass is 9.44. The average molecular weight is 306 g/mol. The van der Waals surface area contributed by atoms with Crippen molar-refractivity contribution in [2.24, 2.45) is 34.5 Å². The van der Waals surface area contributed by atoms with Crippen molar-refractivity contribution in [2.75, 3.05) is 0 Å². The van der Waals surface area contributed by atoms with Crippen molar-refractivity contribution in [3.05, 3.63) is 0 Å². The number of hydrogen-bond donors (Lipinski definition) is 2. The quantitative estimate of drug-likeness (QED) is 0.723. The molecule has 8 atom stereocenters. The van der Waals surface area contributed by atoms with Crippen LogP contribution in [0.15, 0.2) is 0 Å². The summed E-state index contributed by atoms with van der Waals surface area (Å²) in [5.74, 6) is 2.27. The molecule has 4 saturated carbocycles. The maximum atomic E-state index is 12.4. The highest BCUT2D eigenvalue weighted by atomic mass is 16.3. The third-order valence-corrected chi connectivity index (χ3v) is 8.28. The standard InChI is InChI=1S/C19H30O3/c1-18-8-7-12(20)9-11(18)3-4-13-14-5-6-16(22)19(14,2)10-15(21)17(13)18/h11-15,17,20-21H,3-10H2,1-2H3/t11-,12-,13+,14+,15?,17-,18+,19+/m1/s1. The van der Waals surface area contributed by atoms with Crippen LogP contribution in [-0.4, -0.2) is 28.2 Å². The molecule has 124 valence electrons. The van der Waals surface area contributed by atoms with Gasteiger partial charge in [0, 0.05) is 11.8 Å². The maximum absolute atomic E-state index is 12.4. The molecule has 0 aromatic rings. The average Bonchev–Trinajstić information content (AvgIpc) is 2.75. The molecule has 0 heterocycles. The van der Waals surface area contributed by atoms with Gasteiger partial charge in [-0.3, -0.25) is 4.79 Å². The summed E-state index contributed by atoms with van der Waals surface area (Å²) in [6.45, 7) is 4.48. The van der Waals surface area contributed by atoms with Crippen molar-refractivity contribution in [1.29, 1.82) is 0 Å². The molecule has 22 heavy (non-hydrogen) atoms. The van der Waals surface area contributed by atoms with E-state index in [1.54, 1.807) is 0 Å². The normalized spacial score (nSPS) is 57.9.